The van der Waals surface area contributed by atoms with Gasteiger partial charge in [0.1, 0.15) is 0 Å². The van der Waals surface area contributed by atoms with E-state index in [0.717, 1.165) is 13.1 Å². The summed E-state index contributed by atoms with van der Waals surface area (Å²) in [7, 11) is 0. The van der Waals surface area contributed by atoms with Crippen molar-refractivity contribution in [1.82, 2.24) is 10.2 Å². The van der Waals surface area contributed by atoms with Crippen LogP contribution in [0.4, 0.5) is 0 Å². The van der Waals surface area contributed by atoms with Gasteiger partial charge in [0.2, 0.25) is 0 Å². The summed E-state index contributed by atoms with van der Waals surface area (Å²) in [5.41, 5.74) is 0. The van der Waals surface area contributed by atoms with E-state index in [1.807, 2.05) is 6.08 Å². The van der Waals surface area contributed by atoms with Crippen molar-refractivity contribution in [2.75, 3.05) is 31.9 Å². The van der Waals surface area contributed by atoms with Gasteiger partial charge in [-0.15, -0.1) is 6.58 Å². The number of rotatable bonds is 5. The first-order chi connectivity index (χ1) is 7.05. The highest BCUT2D eigenvalue weighted by Gasteiger charge is 2.29. The molecule has 1 N–H and O–H groups in total. The van der Waals surface area contributed by atoms with Crippen molar-refractivity contribution in [2.45, 2.75) is 31.6 Å². The first-order valence-electron chi connectivity index (χ1n) is 5.75. The Balaban J connectivity index is 2.31. The van der Waals surface area contributed by atoms with Crippen molar-refractivity contribution in [2.24, 2.45) is 0 Å². The zero-order chi connectivity index (χ0) is 11.3. The molecule has 0 amide bonds. The fourth-order valence-electron chi connectivity index (χ4n) is 1.95. The van der Waals surface area contributed by atoms with Crippen LogP contribution in [0.2, 0.25) is 0 Å². The smallest absolute Gasteiger partial charge is 0.0231 e. The summed E-state index contributed by atoms with van der Waals surface area (Å²) in [5.74, 6) is 1.26. The average molecular weight is 228 g/mol. The Kier molecular flexibility index (Phi) is 5.16. The lowest BCUT2D eigenvalue weighted by Gasteiger charge is -2.40. The maximum Gasteiger partial charge on any atom is 0.0231 e. The van der Waals surface area contributed by atoms with E-state index in [-0.39, 0.29) is 0 Å². The maximum atomic E-state index is 3.71. The second-order valence-electron chi connectivity index (χ2n) is 4.87. The molecule has 0 aliphatic carbocycles. The summed E-state index contributed by atoms with van der Waals surface area (Å²) in [4.78, 5) is 2.59. The fraction of sp³-hybridized carbons (Fsp3) is 0.833. The van der Waals surface area contributed by atoms with E-state index in [9.17, 15) is 0 Å². The van der Waals surface area contributed by atoms with Crippen LogP contribution in [-0.2, 0) is 0 Å². The predicted molar refractivity (Wildman–Crippen MR) is 70.6 cm³/mol. The van der Waals surface area contributed by atoms with E-state index in [0.29, 0.717) is 10.8 Å². The fourth-order valence-corrected chi connectivity index (χ4v) is 3.09. The van der Waals surface area contributed by atoms with E-state index in [1.54, 1.807) is 0 Å². The summed E-state index contributed by atoms with van der Waals surface area (Å²) in [6, 6.07) is 0.630. The third kappa shape index (κ3) is 4.58. The Morgan fingerprint density at radius 1 is 1.60 bits per heavy atom. The minimum absolute atomic E-state index is 0.422. The van der Waals surface area contributed by atoms with Gasteiger partial charge in [0.25, 0.3) is 0 Å². The number of hydrogen-bond donors (Lipinski definition) is 1. The molecule has 3 heteroatoms. The van der Waals surface area contributed by atoms with Crippen LogP contribution in [0.3, 0.4) is 0 Å². The minimum atomic E-state index is 0.422. The highest BCUT2D eigenvalue weighted by atomic mass is 32.2. The Morgan fingerprint density at radius 3 is 2.93 bits per heavy atom. The molecule has 88 valence electrons. The number of nitrogens with one attached hydrogen (secondary N) is 1. The Morgan fingerprint density at radius 2 is 2.33 bits per heavy atom. The molecule has 0 spiro atoms. The van der Waals surface area contributed by atoms with Gasteiger partial charge in [0, 0.05) is 42.7 Å². The van der Waals surface area contributed by atoms with E-state index < -0.39 is 0 Å². The zero-order valence-corrected chi connectivity index (χ0v) is 11.1. The Labute approximate surface area is 98.5 Å². The molecule has 0 bridgehead atoms. The molecule has 1 fully saturated rings. The van der Waals surface area contributed by atoms with Gasteiger partial charge in [-0.05, 0) is 20.8 Å². The summed E-state index contributed by atoms with van der Waals surface area (Å²) in [5, 5.41) is 3.39. The molecule has 2 nitrogen and oxygen atoms in total. The maximum absolute atomic E-state index is 3.71. The molecule has 1 saturated heterocycles. The topological polar surface area (TPSA) is 15.3 Å². The minimum Gasteiger partial charge on any atom is -0.312 e. The van der Waals surface area contributed by atoms with Crippen LogP contribution in [0.25, 0.3) is 0 Å². The quantitative estimate of drug-likeness (QED) is 0.572. The van der Waals surface area contributed by atoms with E-state index >= 15 is 0 Å². The second-order valence-corrected chi connectivity index (χ2v) is 6.68. The predicted octanol–water partition coefficient (Wildman–Crippen LogP) is 1.98. The van der Waals surface area contributed by atoms with Crippen LogP contribution in [0.1, 0.15) is 20.8 Å². The van der Waals surface area contributed by atoms with Crippen molar-refractivity contribution in [3.05, 3.63) is 12.7 Å². The van der Waals surface area contributed by atoms with Crippen LogP contribution in [0.15, 0.2) is 12.7 Å². The average Bonchev–Trinajstić information content (AvgIpc) is 2.16. The highest BCUT2D eigenvalue weighted by molar-refractivity contribution is 8.00. The molecule has 1 aliphatic heterocycles. The molecular weight excluding hydrogens is 204 g/mol. The van der Waals surface area contributed by atoms with Gasteiger partial charge in [-0.3, -0.25) is 4.90 Å². The van der Waals surface area contributed by atoms with Gasteiger partial charge in [0.05, 0.1) is 0 Å². The van der Waals surface area contributed by atoms with E-state index in [1.165, 1.54) is 18.8 Å². The lowest BCUT2D eigenvalue weighted by Crippen LogP contribution is -2.50. The third-order valence-corrected chi connectivity index (χ3v) is 4.10. The van der Waals surface area contributed by atoms with Crippen LogP contribution < -0.4 is 5.32 Å². The summed E-state index contributed by atoms with van der Waals surface area (Å²) < 4.78 is 0.422. The first-order valence-corrected chi connectivity index (χ1v) is 6.73. The zero-order valence-electron chi connectivity index (χ0n) is 10.3. The Bertz CT molecular complexity index is 204. The van der Waals surface area contributed by atoms with Gasteiger partial charge < -0.3 is 5.32 Å². The first kappa shape index (κ1) is 13.1. The van der Waals surface area contributed by atoms with Gasteiger partial charge in [-0.25, -0.2) is 0 Å². The van der Waals surface area contributed by atoms with Crippen LogP contribution in [0, 0.1) is 0 Å². The van der Waals surface area contributed by atoms with Gasteiger partial charge >= 0.3 is 0 Å². The monoisotopic (exact) mass is 228 g/mol. The van der Waals surface area contributed by atoms with Crippen molar-refractivity contribution in [3.63, 3.8) is 0 Å². The van der Waals surface area contributed by atoms with Crippen LogP contribution >= 0.6 is 11.8 Å². The van der Waals surface area contributed by atoms with Gasteiger partial charge in [0.15, 0.2) is 0 Å². The number of hydrogen-bond acceptors (Lipinski definition) is 3. The lowest BCUT2D eigenvalue weighted by atomic mass is 10.1. The molecule has 1 aliphatic rings. The van der Waals surface area contributed by atoms with Gasteiger partial charge in [-0.1, -0.05) is 6.08 Å². The summed E-state index contributed by atoms with van der Waals surface area (Å²) >= 11 is 2.09. The van der Waals surface area contributed by atoms with E-state index in [4.69, 9.17) is 0 Å². The molecule has 15 heavy (non-hydrogen) atoms. The number of thioether (sulfide) groups is 1. The van der Waals surface area contributed by atoms with Crippen molar-refractivity contribution < 1.29 is 0 Å². The SMILES string of the molecule is C=CCNCC(C)N1CCSC(C)(C)C1. The molecule has 0 aromatic carbocycles. The molecule has 1 atom stereocenters. The highest BCUT2D eigenvalue weighted by Crippen LogP contribution is 2.30. The molecule has 0 aromatic rings. The van der Waals surface area contributed by atoms with Gasteiger partial charge in [-0.2, -0.15) is 11.8 Å². The second kappa shape index (κ2) is 5.92. The number of nitrogens with zero attached hydrogens (tertiary/aromatic N) is 1. The standard InChI is InChI=1S/C12H24N2S/c1-5-6-13-9-11(2)14-7-8-15-12(3,4)10-14/h5,11,13H,1,6-10H2,2-4H3. The van der Waals surface area contributed by atoms with Crippen molar-refractivity contribution in [1.29, 1.82) is 0 Å². The molecule has 1 unspecified atom stereocenters. The van der Waals surface area contributed by atoms with Crippen LogP contribution in [-0.4, -0.2) is 47.6 Å². The third-order valence-electron chi connectivity index (χ3n) is 2.81. The molecule has 0 aromatic heterocycles. The van der Waals surface area contributed by atoms with Crippen molar-refractivity contribution >= 4 is 11.8 Å². The lowest BCUT2D eigenvalue weighted by molar-refractivity contribution is 0.196. The van der Waals surface area contributed by atoms with E-state index in [2.05, 4.69) is 49.3 Å². The normalized spacial score (nSPS) is 23.7. The summed E-state index contributed by atoms with van der Waals surface area (Å²) in [6.07, 6.45) is 1.92. The Hall–Kier alpha value is 0.0100. The summed E-state index contributed by atoms with van der Waals surface area (Å²) in [6.45, 7) is 15.1. The van der Waals surface area contributed by atoms with Crippen molar-refractivity contribution in [3.8, 4) is 0 Å². The molecular formula is C12H24N2S. The molecule has 0 saturated carbocycles. The van der Waals surface area contributed by atoms with Crippen LogP contribution in [0.5, 0.6) is 0 Å². The molecule has 0 radical (unpaired) electrons. The largest absolute Gasteiger partial charge is 0.312 e. The molecule has 1 heterocycles. The molecule has 1 rings (SSSR count).